The molecule has 150 valence electrons. The Labute approximate surface area is 159 Å². The van der Waals surface area contributed by atoms with Crippen molar-refractivity contribution in [1.82, 2.24) is 0 Å². The fourth-order valence-electron chi connectivity index (χ4n) is 3.17. The topological polar surface area (TPSA) is 26.3 Å². The molecule has 0 saturated heterocycles. The number of rotatable bonds is 17. The molecule has 25 heavy (non-hydrogen) atoms. The van der Waals surface area contributed by atoms with Crippen LogP contribution >= 0.6 is 0 Å². The van der Waals surface area contributed by atoms with Gasteiger partial charge >= 0.3 is 0 Å². The summed E-state index contributed by atoms with van der Waals surface area (Å²) < 4.78 is 5.57. The molecule has 0 radical (unpaired) electrons. The highest BCUT2D eigenvalue weighted by Gasteiger charge is 2.23. The molecule has 0 amide bonds. The van der Waals surface area contributed by atoms with Crippen molar-refractivity contribution in [3.63, 3.8) is 0 Å². The van der Waals surface area contributed by atoms with Crippen LogP contribution in [0.1, 0.15) is 110 Å². The van der Waals surface area contributed by atoms with E-state index >= 15 is 0 Å². The predicted molar refractivity (Wildman–Crippen MR) is 114 cm³/mol. The second-order valence-electron chi connectivity index (χ2n) is 8.82. The van der Waals surface area contributed by atoms with Gasteiger partial charge in [-0.25, -0.2) is 0 Å². The Bertz CT molecular complexity index is 310. The predicted octanol–water partition coefficient (Wildman–Crippen LogP) is 7.87. The maximum absolute atomic E-state index is 11.9. The van der Waals surface area contributed by atoms with Crippen molar-refractivity contribution < 1.29 is 9.22 Å². The molecule has 0 saturated carbocycles. The zero-order valence-corrected chi connectivity index (χ0v) is 19.0. The van der Waals surface area contributed by atoms with Crippen molar-refractivity contribution >= 4 is 14.3 Å². The summed E-state index contributed by atoms with van der Waals surface area (Å²) in [4.78, 5) is 11.9. The minimum atomic E-state index is -1.72. The van der Waals surface area contributed by atoms with Crippen LogP contribution in [-0.2, 0) is 9.22 Å². The number of hydrogen-bond acceptors (Lipinski definition) is 2. The first kappa shape index (κ1) is 24.7. The van der Waals surface area contributed by atoms with Crippen LogP contribution in [0.3, 0.4) is 0 Å². The zero-order chi connectivity index (χ0) is 19.0. The van der Waals surface area contributed by atoms with Crippen LogP contribution in [0.4, 0.5) is 0 Å². The molecular weight excluding hydrogens is 324 g/mol. The second kappa shape index (κ2) is 15.9. The Morgan fingerprint density at radius 1 is 0.720 bits per heavy atom. The molecule has 0 N–H and O–H groups in total. The standard InChI is InChI=1S/C22H46O2Si/c1-6-7-8-9-10-11-12-13-14-15-16-17-18-19-20-21(2)22(23)24-25(3,4)5/h21H,6-20H2,1-5H3. The van der Waals surface area contributed by atoms with Gasteiger partial charge in [-0.05, 0) is 26.1 Å². The molecule has 0 aliphatic carbocycles. The number of hydrogen-bond donors (Lipinski definition) is 0. The molecule has 1 unspecified atom stereocenters. The van der Waals surface area contributed by atoms with Crippen molar-refractivity contribution in [3.8, 4) is 0 Å². The first-order chi connectivity index (χ1) is 11.9. The minimum absolute atomic E-state index is 0.0221. The van der Waals surface area contributed by atoms with E-state index < -0.39 is 8.32 Å². The zero-order valence-electron chi connectivity index (χ0n) is 18.0. The molecule has 1 atom stereocenters. The molecule has 0 aliphatic heterocycles. The lowest BCUT2D eigenvalue weighted by atomic mass is 10.0. The Morgan fingerprint density at radius 2 is 1.08 bits per heavy atom. The van der Waals surface area contributed by atoms with Gasteiger partial charge in [-0.3, -0.25) is 4.79 Å². The number of unbranched alkanes of at least 4 members (excludes halogenated alkanes) is 13. The van der Waals surface area contributed by atoms with Gasteiger partial charge in [0.15, 0.2) is 0 Å². The normalized spacial score (nSPS) is 13.0. The van der Waals surface area contributed by atoms with Gasteiger partial charge in [0.1, 0.15) is 0 Å². The molecule has 0 bridgehead atoms. The van der Waals surface area contributed by atoms with Gasteiger partial charge < -0.3 is 4.43 Å². The SMILES string of the molecule is CCCCCCCCCCCCCCCCC(C)C(=O)O[Si](C)(C)C. The van der Waals surface area contributed by atoms with E-state index in [1.54, 1.807) is 0 Å². The van der Waals surface area contributed by atoms with Crippen LogP contribution in [0.25, 0.3) is 0 Å². The summed E-state index contributed by atoms with van der Waals surface area (Å²) in [5.74, 6) is 0.0953. The van der Waals surface area contributed by atoms with Gasteiger partial charge in [0, 0.05) is 0 Å². The third kappa shape index (κ3) is 18.3. The van der Waals surface area contributed by atoms with Crippen molar-refractivity contribution in [1.29, 1.82) is 0 Å². The van der Waals surface area contributed by atoms with Gasteiger partial charge in [0.2, 0.25) is 8.32 Å². The molecule has 0 heterocycles. The average molecular weight is 371 g/mol. The Balaban J connectivity index is 3.29. The minimum Gasteiger partial charge on any atom is -0.520 e. The summed E-state index contributed by atoms with van der Waals surface area (Å²) >= 11 is 0. The van der Waals surface area contributed by atoms with Gasteiger partial charge in [0.25, 0.3) is 5.97 Å². The van der Waals surface area contributed by atoms with Gasteiger partial charge in [-0.1, -0.05) is 104 Å². The maximum atomic E-state index is 11.9. The van der Waals surface area contributed by atoms with Crippen molar-refractivity contribution in [2.24, 2.45) is 5.92 Å². The van der Waals surface area contributed by atoms with E-state index in [-0.39, 0.29) is 11.9 Å². The van der Waals surface area contributed by atoms with Crippen LogP contribution in [0.15, 0.2) is 0 Å². The summed E-state index contributed by atoms with van der Waals surface area (Å²) in [7, 11) is -1.72. The smallest absolute Gasteiger partial charge is 0.295 e. The fourth-order valence-corrected chi connectivity index (χ4v) is 3.97. The van der Waals surface area contributed by atoms with Crippen LogP contribution in [0, 0.1) is 5.92 Å². The number of carbonyl (C=O) groups excluding carboxylic acids is 1. The average Bonchev–Trinajstić information content (AvgIpc) is 2.53. The van der Waals surface area contributed by atoms with E-state index in [0.717, 1.165) is 6.42 Å². The highest BCUT2D eigenvalue weighted by molar-refractivity contribution is 6.71. The van der Waals surface area contributed by atoms with Crippen LogP contribution in [0.2, 0.25) is 19.6 Å². The largest absolute Gasteiger partial charge is 0.520 e. The molecular formula is C22H46O2Si. The molecule has 0 fully saturated rings. The Morgan fingerprint density at radius 3 is 1.44 bits per heavy atom. The third-order valence-corrected chi connectivity index (χ3v) is 5.61. The molecule has 0 aromatic rings. The monoisotopic (exact) mass is 370 g/mol. The fraction of sp³-hybridized carbons (Fsp3) is 0.955. The van der Waals surface area contributed by atoms with Crippen molar-refractivity contribution in [3.05, 3.63) is 0 Å². The lowest BCUT2D eigenvalue weighted by Gasteiger charge is -2.20. The Hall–Kier alpha value is -0.313. The molecule has 2 nitrogen and oxygen atoms in total. The van der Waals surface area contributed by atoms with Crippen LogP contribution in [-0.4, -0.2) is 14.3 Å². The molecule has 0 spiro atoms. The Kier molecular flexibility index (Phi) is 15.7. The van der Waals surface area contributed by atoms with E-state index in [4.69, 9.17) is 4.43 Å². The summed E-state index contributed by atoms with van der Waals surface area (Å²) in [5, 5.41) is 0. The number of carbonyl (C=O) groups is 1. The second-order valence-corrected chi connectivity index (χ2v) is 13.2. The van der Waals surface area contributed by atoms with Crippen LogP contribution < -0.4 is 0 Å². The lowest BCUT2D eigenvalue weighted by Crippen LogP contribution is -2.32. The van der Waals surface area contributed by atoms with Gasteiger partial charge in [-0.15, -0.1) is 0 Å². The van der Waals surface area contributed by atoms with Crippen molar-refractivity contribution in [2.75, 3.05) is 0 Å². The van der Waals surface area contributed by atoms with Crippen LogP contribution in [0.5, 0.6) is 0 Å². The first-order valence-electron chi connectivity index (χ1n) is 11.1. The molecule has 0 rings (SSSR count). The van der Waals surface area contributed by atoms with E-state index in [1.165, 1.54) is 89.9 Å². The highest BCUT2D eigenvalue weighted by atomic mass is 28.4. The van der Waals surface area contributed by atoms with Gasteiger partial charge in [-0.2, -0.15) is 0 Å². The van der Waals surface area contributed by atoms with E-state index in [0.29, 0.717) is 0 Å². The summed E-state index contributed by atoms with van der Waals surface area (Å²) in [6, 6.07) is 0. The lowest BCUT2D eigenvalue weighted by molar-refractivity contribution is -0.139. The van der Waals surface area contributed by atoms with Gasteiger partial charge in [0.05, 0.1) is 5.92 Å². The third-order valence-electron chi connectivity index (χ3n) is 4.80. The summed E-state index contributed by atoms with van der Waals surface area (Å²) in [5.41, 5.74) is 0. The van der Waals surface area contributed by atoms with E-state index in [1.807, 2.05) is 6.92 Å². The molecule has 3 heteroatoms. The summed E-state index contributed by atoms with van der Waals surface area (Å²) in [6.45, 7) is 10.5. The highest BCUT2D eigenvalue weighted by Crippen LogP contribution is 2.17. The first-order valence-corrected chi connectivity index (χ1v) is 14.5. The molecule has 0 aliphatic rings. The quantitative estimate of drug-likeness (QED) is 0.192. The van der Waals surface area contributed by atoms with Crippen molar-refractivity contribution in [2.45, 2.75) is 130 Å². The summed E-state index contributed by atoms with van der Waals surface area (Å²) in [6.07, 6.45) is 20.3. The maximum Gasteiger partial charge on any atom is 0.295 e. The molecule has 0 aromatic heterocycles. The van der Waals surface area contributed by atoms with E-state index in [2.05, 4.69) is 26.6 Å². The molecule has 0 aromatic carbocycles. The van der Waals surface area contributed by atoms with E-state index in [9.17, 15) is 4.79 Å².